The Hall–Kier alpha value is -0.160. The van der Waals surface area contributed by atoms with Crippen LogP contribution in [0.15, 0.2) is 11.4 Å². The molecule has 0 fully saturated rings. The zero-order valence-corrected chi connectivity index (χ0v) is 8.94. The van der Waals surface area contributed by atoms with E-state index in [-0.39, 0.29) is 22.6 Å². The monoisotopic (exact) mass is 370 g/mol. The highest BCUT2D eigenvalue weighted by Gasteiger charge is 2.80. The number of allylic oxidation sites excluding steroid dienone is 2. The molecule has 1 rings (SSSR count). The molecule has 0 saturated heterocycles. The Morgan fingerprint density at radius 1 is 0.875 bits per heavy atom. The molecule has 0 aromatic rings. The van der Waals surface area contributed by atoms with Crippen LogP contribution < -0.4 is 0 Å². The molecule has 0 spiro atoms. The van der Waals surface area contributed by atoms with E-state index in [1.807, 2.05) is 0 Å². The number of alkyl halides is 9. The fourth-order valence-corrected chi connectivity index (χ4v) is 1.58. The molecule has 0 radical (unpaired) electrons. The molecule has 0 N–H and O–H groups in total. The van der Waals surface area contributed by atoms with E-state index >= 15 is 0 Å². The second-order valence-corrected chi connectivity index (χ2v) is 4.40. The molecule has 0 aromatic carbocycles. The fraction of sp³-hybridized carbons (Fsp3) is 0.667. The topological polar surface area (TPSA) is 0 Å². The molecule has 1 aliphatic rings. The minimum Gasteiger partial charge on any atom is -0.217 e. The maximum absolute atomic E-state index is 12.9. The lowest BCUT2D eigenvalue weighted by atomic mass is 9.84. The molecule has 0 aliphatic heterocycles. The fourth-order valence-electron chi connectivity index (χ4n) is 1.00. The maximum atomic E-state index is 12.9. The summed E-state index contributed by atoms with van der Waals surface area (Å²) in [6.45, 7) is 0. The third kappa shape index (κ3) is 1.44. The van der Waals surface area contributed by atoms with Crippen LogP contribution in [0.4, 0.5) is 39.5 Å². The minimum absolute atomic E-state index is 0.186. The van der Waals surface area contributed by atoms with E-state index in [1.54, 1.807) is 0 Å². The summed E-state index contributed by atoms with van der Waals surface area (Å²) in [5.74, 6) is -14.0. The Bertz CT molecular complexity index is 350. The number of hydrogen-bond donors (Lipinski definition) is 0. The van der Waals surface area contributed by atoms with Crippen molar-refractivity contribution in [3.05, 3.63) is 11.4 Å². The second-order valence-electron chi connectivity index (χ2n) is 2.91. The van der Waals surface area contributed by atoms with Gasteiger partial charge >= 0.3 is 18.0 Å². The first-order chi connectivity index (χ1) is 6.78. The molecule has 94 valence electrons. The van der Waals surface area contributed by atoms with Crippen molar-refractivity contribution >= 4 is 22.6 Å². The van der Waals surface area contributed by atoms with Gasteiger partial charge in [0.1, 0.15) is 0 Å². The van der Waals surface area contributed by atoms with Gasteiger partial charge in [-0.2, -0.15) is 30.7 Å². The third-order valence-electron chi connectivity index (χ3n) is 1.87. The summed E-state index contributed by atoms with van der Waals surface area (Å²) in [4.78, 5) is 0. The van der Waals surface area contributed by atoms with E-state index in [0.29, 0.717) is 0 Å². The van der Waals surface area contributed by atoms with Crippen molar-refractivity contribution in [2.24, 2.45) is 0 Å². The van der Waals surface area contributed by atoms with Crippen LogP contribution in [-0.2, 0) is 0 Å². The lowest BCUT2D eigenvalue weighted by Crippen LogP contribution is -2.60. The number of rotatable bonds is 1. The quantitative estimate of drug-likeness (QED) is 0.370. The molecular formula is C6F9I. The summed E-state index contributed by atoms with van der Waals surface area (Å²) in [6.07, 6.45) is -5.92. The van der Waals surface area contributed by atoms with E-state index in [9.17, 15) is 39.5 Å². The first-order valence-electron chi connectivity index (χ1n) is 3.39. The molecule has 0 saturated carbocycles. The highest BCUT2D eigenvalue weighted by molar-refractivity contribution is 14.1. The van der Waals surface area contributed by atoms with Gasteiger partial charge in [0.25, 0.3) is 3.68 Å². The average molecular weight is 370 g/mol. The summed E-state index contributed by atoms with van der Waals surface area (Å²) in [5, 5.41) is 0. The van der Waals surface area contributed by atoms with Gasteiger partial charge in [-0.3, -0.25) is 0 Å². The Balaban J connectivity index is 3.34. The maximum Gasteiger partial charge on any atom is 0.436 e. The molecule has 10 heteroatoms. The van der Waals surface area contributed by atoms with Crippen molar-refractivity contribution in [1.29, 1.82) is 0 Å². The molecule has 0 bridgehead atoms. The molecule has 0 nitrogen and oxygen atoms in total. The number of hydrogen-bond acceptors (Lipinski definition) is 0. The van der Waals surface area contributed by atoms with Crippen LogP contribution in [0.1, 0.15) is 0 Å². The van der Waals surface area contributed by atoms with Gasteiger partial charge in [-0.15, -0.1) is 0 Å². The van der Waals surface area contributed by atoms with Gasteiger partial charge in [-0.05, 0) is 22.6 Å². The third-order valence-corrected chi connectivity index (χ3v) is 3.02. The van der Waals surface area contributed by atoms with E-state index in [1.165, 1.54) is 0 Å². The first kappa shape index (κ1) is 13.9. The van der Waals surface area contributed by atoms with Crippen LogP contribution >= 0.6 is 22.6 Å². The molecule has 1 atom stereocenters. The molecule has 16 heavy (non-hydrogen) atoms. The van der Waals surface area contributed by atoms with Crippen molar-refractivity contribution in [3.63, 3.8) is 0 Å². The summed E-state index contributed by atoms with van der Waals surface area (Å²) in [6, 6.07) is 0. The van der Waals surface area contributed by atoms with Crippen molar-refractivity contribution in [1.82, 2.24) is 0 Å². The minimum atomic E-state index is -5.92. The SMILES string of the molecule is FC1=C(C(F)(I)C(F)(F)F)C(F)(F)C1(F)F. The van der Waals surface area contributed by atoms with Crippen LogP contribution in [0.25, 0.3) is 0 Å². The predicted molar refractivity (Wildman–Crippen MR) is 41.9 cm³/mol. The zero-order chi connectivity index (χ0) is 13.2. The zero-order valence-electron chi connectivity index (χ0n) is 6.78. The summed E-state index contributed by atoms with van der Waals surface area (Å²) in [7, 11) is 0. The molecule has 0 heterocycles. The van der Waals surface area contributed by atoms with E-state index in [2.05, 4.69) is 0 Å². The van der Waals surface area contributed by atoms with Gasteiger partial charge in [0, 0.05) is 0 Å². The molecule has 1 unspecified atom stereocenters. The van der Waals surface area contributed by atoms with Gasteiger partial charge in [0.2, 0.25) is 0 Å². The van der Waals surface area contributed by atoms with Crippen molar-refractivity contribution in [2.45, 2.75) is 21.7 Å². The number of halogens is 10. The highest BCUT2D eigenvalue weighted by atomic mass is 127. The standard InChI is InChI=1S/C6F9I/c7-2-1(3(8,9)4(2,10)11)5(12,16)6(13,14)15. The van der Waals surface area contributed by atoms with E-state index in [0.717, 1.165) is 0 Å². The lowest BCUT2D eigenvalue weighted by molar-refractivity contribution is -0.239. The molecular weight excluding hydrogens is 370 g/mol. The molecule has 0 aromatic heterocycles. The largest absolute Gasteiger partial charge is 0.436 e. The van der Waals surface area contributed by atoms with Crippen molar-refractivity contribution < 1.29 is 39.5 Å². The van der Waals surface area contributed by atoms with Gasteiger partial charge in [-0.1, -0.05) is 0 Å². The normalized spacial score (nSPS) is 27.4. The Morgan fingerprint density at radius 2 is 1.25 bits per heavy atom. The smallest absolute Gasteiger partial charge is 0.217 e. The highest BCUT2D eigenvalue weighted by Crippen LogP contribution is 2.64. The van der Waals surface area contributed by atoms with Gasteiger partial charge in [-0.25, -0.2) is 8.78 Å². The van der Waals surface area contributed by atoms with Gasteiger partial charge < -0.3 is 0 Å². The van der Waals surface area contributed by atoms with Gasteiger partial charge in [0.15, 0.2) is 5.83 Å². The van der Waals surface area contributed by atoms with Crippen LogP contribution in [-0.4, -0.2) is 21.7 Å². The summed E-state index contributed by atoms with van der Waals surface area (Å²) < 4.78 is 105. The summed E-state index contributed by atoms with van der Waals surface area (Å²) in [5.41, 5.74) is -2.88. The van der Waals surface area contributed by atoms with E-state index in [4.69, 9.17) is 0 Å². The average Bonchev–Trinajstić information content (AvgIpc) is 2.00. The van der Waals surface area contributed by atoms with E-state index < -0.39 is 33.1 Å². The summed E-state index contributed by atoms with van der Waals surface area (Å²) >= 11 is -0.186. The lowest BCUT2D eigenvalue weighted by Gasteiger charge is -2.41. The van der Waals surface area contributed by atoms with Crippen LogP contribution in [0.5, 0.6) is 0 Å². The molecule has 0 amide bonds. The van der Waals surface area contributed by atoms with Crippen molar-refractivity contribution in [2.75, 3.05) is 0 Å². The Kier molecular flexibility index (Phi) is 2.77. The van der Waals surface area contributed by atoms with Crippen LogP contribution in [0, 0.1) is 0 Å². The van der Waals surface area contributed by atoms with Crippen molar-refractivity contribution in [3.8, 4) is 0 Å². The first-order valence-corrected chi connectivity index (χ1v) is 4.47. The molecule has 1 aliphatic carbocycles. The second kappa shape index (κ2) is 3.19. The van der Waals surface area contributed by atoms with Crippen LogP contribution in [0.2, 0.25) is 0 Å². The predicted octanol–water partition coefficient (Wildman–Crippen LogP) is 4.16. The Labute approximate surface area is 95.6 Å². The Morgan fingerprint density at radius 3 is 1.50 bits per heavy atom. The van der Waals surface area contributed by atoms with Crippen LogP contribution in [0.3, 0.4) is 0 Å². The van der Waals surface area contributed by atoms with Gasteiger partial charge in [0.05, 0.1) is 5.57 Å².